The Morgan fingerprint density at radius 2 is 1.87 bits per heavy atom. The number of hydrogen-bond donors (Lipinski definition) is 2. The average molecular weight is 462 g/mol. The van der Waals surface area contributed by atoms with Crippen LogP contribution in [0.25, 0.3) is 0 Å². The molecule has 1 aromatic heterocycles. The van der Waals surface area contributed by atoms with Crippen LogP contribution >= 0.6 is 22.9 Å². The monoisotopic (exact) mass is 461 g/mol. The maximum Gasteiger partial charge on any atom is 0.573 e. The van der Waals surface area contributed by atoms with Gasteiger partial charge in [0.15, 0.2) is 6.10 Å². The first kappa shape index (κ1) is 22.7. The van der Waals surface area contributed by atoms with Gasteiger partial charge in [0.25, 0.3) is 0 Å². The molecule has 3 rings (SSSR count). The van der Waals surface area contributed by atoms with E-state index in [4.69, 9.17) is 11.6 Å². The summed E-state index contributed by atoms with van der Waals surface area (Å²) in [5, 5.41) is 10.8. The molecule has 30 heavy (non-hydrogen) atoms. The third-order valence-corrected chi connectivity index (χ3v) is 5.89. The molecule has 0 unspecified atom stereocenters. The van der Waals surface area contributed by atoms with Crippen LogP contribution in [0.1, 0.15) is 29.4 Å². The van der Waals surface area contributed by atoms with E-state index >= 15 is 0 Å². The molecule has 5 nitrogen and oxygen atoms in total. The van der Waals surface area contributed by atoms with E-state index in [0.29, 0.717) is 27.0 Å². The van der Waals surface area contributed by atoms with Gasteiger partial charge in [0.1, 0.15) is 5.75 Å². The molecule has 0 saturated carbocycles. The standard InChI is InChI=1S/C20H20ClF3N2O3S/c21-17-8-7-16(30-17)19(28)15(12-26-9-1-2-10-26)25-18(27)11-13-3-5-14(6-4-13)29-20(22,23)24/h3-8,19,28H,1-2,9-12H2/p+1/t19-/m0/s1. The van der Waals surface area contributed by atoms with Crippen LogP contribution in [-0.4, -0.2) is 47.6 Å². The van der Waals surface area contributed by atoms with Gasteiger partial charge in [-0.15, -0.1) is 24.5 Å². The molecule has 2 heterocycles. The van der Waals surface area contributed by atoms with E-state index in [0.717, 1.165) is 38.1 Å². The number of halogens is 4. The van der Waals surface area contributed by atoms with Gasteiger partial charge in [-0.25, -0.2) is 4.79 Å². The van der Waals surface area contributed by atoms with Gasteiger partial charge in [0, 0.05) is 4.88 Å². The zero-order valence-corrected chi connectivity index (χ0v) is 17.5. The number of carbonyl (C=O) groups excluding carboxylic acids is 1. The van der Waals surface area contributed by atoms with Crippen molar-refractivity contribution in [3.63, 3.8) is 0 Å². The highest BCUT2D eigenvalue weighted by molar-refractivity contribution is 7.16. The molecule has 0 spiro atoms. The number of nitrogens with zero attached hydrogens (tertiary/aromatic N) is 1. The fourth-order valence-corrected chi connectivity index (χ4v) is 4.32. The lowest BCUT2D eigenvalue weighted by Gasteiger charge is -2.15. The lowest BCUT2D eigenvalue weighted by molar-refractivity contribution is -0.382. The van der Waals surface area contributed by atoms with Crippen LogP contribution in [0.2, 0.25) is 4.34 Å². The molecule has 1 aromatic carbocycles. The van der Waals surface area contributed by atoms with Crippen LogP contribution in [0.15, 0.2) is 36.4 Å². The minimum Gasteiger partial charge on any atom is -0.406 e. The largest absolute Gasteiger partial charge is 0.573 e. The van der Waals surface area contributed by atoms with Crippen molar-refractivity contribution >= 4 is 34.6 Å². The normalized spacial score (nSPS) is 16.6. The van der Waals surface area contributed by atoms with E-state index in [1.807, 2.05) is 0 Å². The summed E-state index contributed by atoms with van der Waals surface area (Å²) in [4.78, 5) is 18.1. The number of likely N-dealkylation sites (tertiary alicyclic amines) is 1. The lowest BCUT2D eigenvalue weighted by Crippen LogP contribution is -2.80. The number of aliphatic hydroxyl groups excluding tert-OH is 1. The van der Waals surface area contributed by atoms with Crippen molar-refractivity contribution < 1.29 is 32.8 Å². The molecule has 1 saturated heterocycles. The number of ether oxygens (including phenoxy) is 1. The molecular formula is C20H21ClF3N2O3S+. The van der Waals surface area contributed by atoms with Crippen LogP contribution in [-0.2, 0) is 11.2 Å². The molecule has 2 aromatic rings. The average Bonchev–Trinajstić information content (AvgIpc) is 3.33. The number of thiophene rings is 1. The highest BCUT2D eigenvalue weighted by Gasteiger charge is 2.31. The Hall–Kier alpha value is -1.94. The second kappa shape index (κ2) is 9.91. The Morgan fingerprint density at radius 1 is 1.20 bits per heavy atom. The minimum absolute atomic E-state index is 0.0479. The number of amides is 1. The summed E-state index contributed by atoms with van der Waals surface area (Å²) in [6.45, 7) is 2.19. The molecule has 0 aliphatic carbocycles. The van der Waals surface area contributed by atoms with Gasteiger partial charge in [0.2, 0.25) is 5.71 Å². The van der Waals surface area contributed by atoms with Gasteiger partial charge in [0.05, 0.1) is 17.3 Å². The van der Waals surface area contributed by atoms with Gasteiger partial charge in [-0.2, -0.15) is 4.99 Å². The van der Waals surface area contributed by atoms with Crippen LogP contribution in [0.5, 0.6) is 5.75 Å². The van der Waals surface area contributed by atoms with Crippen molar-refractivity contribution in [2.45, 2.75) is 31.7 Å². The Kier molecular flexibility index (Phi) is 7.51. The molecule has 1 aliphatic rings. The highest BCUT2D eigenvalue weighted by Crippen LogP contribution is 2.27. The van der Waals surface area contributed by atoms with Crippen molar-refractivity contribution in [3.05, 3.63) is 51.2 Å². The summed E-state index contributed by atoms with van der Waals surface area (Å²) >= 11 is 7.20. The van der Waals surface area contributed by atoms with Crippen LogP contribution < -0.4 is 9.73 Å². The maximum absolute atomic E-state index is 12.6. The Balaban J connectivity index is 1.71. The van der Waals surface area contributed by atoms with E-state index in [1.54, 1.807) is 12.1 Å². The molecule has 162 valence electrons. The van der Waals surface area contributed by atoms with E-state index in [9.17, 15) is 23.1 Å². The fraction of sp³-hybridized carbons (Fsp3) is 0.400. The summed E-state index contributed by atoms with van der Waals surface area (Å²) in [5.41, 5.74) is 0.980. The van der Waals surface area contributed by atoms with Gasteiger partial charge < -0.3 is 9.84 Å². The number of nitrogens with one attached hydrogen (secondary N) is 1. The first-order chi connectivity index (χ1) is 14.2. The molecule has 1 atom stereocenters. The number of aliphatic hydroxyl groups is 1. The maximum atomic E-state index is 12.6. The number of hydrogen-bond acceptors (Lipinski definition) is 5. The zero-order valence-electron chi connectivity index (χ0n) is 15.9. The fourth-order valence-electron chi connectivity index (χ4n) is 3.24. The molecule has 1 fully saturated rings. The summed E-state index contributed by atoms with van der Waals surface area (Å²) in [7, 11) is 0. The highest BCUT2D eigenvalue weighted by atomic mass is 35.5. The van der Waals surface area contributed by atoms with Crippen molar-refractivity contribution in [2.24, 2.45) is 0 Å². The number of alkyl halides is 3. The zero-order chi connectivity index (χ0) is 21.7. The smallest absolute Gasteiger partial charge is 0.406 e. The quantitative estimate of drug-likeness (QED) is 0.622. The third-order valence-electron chi connectivity index (χ3n) is 4.61. The lowest BCUT2D eigenvalue weighted by atomic mass is 10.1. The predicted molar refractivity (Wildman–Crippen MR) is 108 cm³/mol. The van der Waals surface area contributed by atoms with E-state index in [-0.39, 0.29) is 18.1 Å². The Bertz CT molecular complexity index is 893. The van der Waals surface area contributed by atoms with Gasteiger partial charge in [-0.05, 0) is 55.8 Å². The van der Waals surface area contributed by atoms with Crippen molar-refractivity contribution in [1.82, 2.24) is 4.90 Å². The van der Waals surface area contributed by atoms with Crippen molar-refractivity contribution in [2.75, 3.05) is 19.6 Å². The van der Waals surface area contributed by atoms with Crippen molar-refractivity contribution in [3.8, 4) is 5.75 Å². The molecule has 1 aliphatic heterocycles. The van der Waals surface area contributed by atoms with E-state index in [2.05, 4.69) is 14.6 Å². The summed E-state index contributed by atoms with van der Waals surface area (Å²) in [6, 6.07) is 8.52. The predicted octanol–water partition coefficient (Wildman–Crippen LogP) is 2.72. The van der Waals surface area contributed by atoms with E-state index in [1.165, 1.54) is 23.5 Å². The van der Waals surface area contributed by atoms with Crippen LogP contribution in [0.3, 0.4) is 0 Å². The molecule has 1 amide bonds. The molecule has 0 radical (unpaired) electrons. The van der Waals surface area contributed by atoms with Crippen molar-refractivity contribution in [1.29, 1.82) is 0 Å². The SMILES string of the molecule is O=C(Cc1ccc(OC(F)(F)F)cc1)[NH+]=C(CN1CCCC1)[C@H](O)c1ccc(Cl)s1. The van der Waals surface area contributed by atoms with Crippen LogP contribution in [0, 0.1) is 0 Å². The molecule has 2 N–H and O–H groups in total. The summed E-state index contributed by atoms with van der Waals surface area (Å²) in [5.74, 6) is -0.715. The van der Waals surface area contributed by atoms with Gasteiger partial charge in [-0.3, -0.25) is 4.90 Å². The summed E-state index contributed by atoms with van der Waals surface area (Å²) in [6.07, 6.45) is -3.68. The molecule has 0 bridgehead atoms. The molecular weight excluding hydrogens is 441 g/mol. The van der Waals surface area contributed by atoms with Crippen LogP contribution in [0.4, 0.5) is 13.2 Å². The third kappa shape index (κ3) is 6.80. The first-order valence-electron chi connectivity index (χ1n) is 9.35. The Labute approximate surface area is 180 Å². The molecule has 10 heteroatoms. The Morgan fingerprint density at radius 3 is 2.43 bits per heavy atom. The van der Waals surface area contributed by atoms with Gasteiger partial charge in [-0.1, -0.05) is 23.7 Å². The second-order valence-electron chi connectivity index (χ2n) is 6.97. The second-order valence-corrected chi connectivity index (χ2v) is 8.72. The number of rotatable bonds is 7. The topological polar surface area (TPSA) is 63.7 Å². The summed E-state index contributed by atoms with van der Waals surface area (Å²) < 4.78 is 41.1. The minimum atomic E-state index is -4.76. The van der Waals surface area contributed by atoms with E-state index < -0.39 is 12.5 Å². The van der Waals surface area contributed by atoms with Gasteiger partial charge >= 0.3 is 12.3 Å². The number of benzene rings is 1. The number of carbonyl (C=O) groups is 1. The first-order valence-corrected chi connectivity index (χ1v) is 10.5.